The van der Waals surface area contributed by atoms with Gasteiger partial charge in [-0.15, -0.1) is 0 Å². The van der Waals surface area contributed by atoms with Gasteiger partial charge in [-0.05, 0) is 30.3 Å². The zero-order valence-corrected chi connectivity index (χ0v) is 13.9. The van der Waals surface area contributed by atoms with Crippen LogP contribution in [0.3, 0.4) is 0 Å². The quantitative estimate of drug-likeness (QED) is 0.604. The molecule has 2 aromatic rings. The van der Waals surface area contributed by atoms with Crippen LogP contribution < -0.4 is 15.4 Å². The number of ether oxygens (including phenoxy) is 1. The molecule has 0 fully saturated rings. The molecule has 0 saturated heterocycles. The van der Waals surface area contributed by atoms with Gasteiger partial charge < -0.3 is 15.4 Å². The molecule has 2 rings (SSSR count). The van der Waals surface area contributed by atoms with Gasteiger partial charge in [0.15, 0.2) is 6.61 Å². The van der Waals surface area contributed by atoms with E-state index in [4.69, 9.17) is 16.3 Å². The van der Waals surface area contributed by atoms with Crippen LogP contribution >= 0.6 is 11.6 Å². The number of nitro benzene ring substituents is 1. The molecule has 0 bridgehead atoms. The molecule has 2 aromatic carbocycles. The number of amides is 2. The van der Waals surface area contributed by atoms with E-state index in [1.165, 1.54) is 37.3 Å². The normalized spacial score (nSPS) is 10.0. The van der Waals surface area contributed by atoms with E-state index in [0.29, 0.717) is 22.1 Å². The van der Waals surface area contributed by atoms with Gasteiger partial charge in [-0.25, -0.2) is 0 Å². The molecule has 0 radical (unpaired) electrons. The van der Waals surface area contributed by atoms with E-state index in [0.717, 1.165) is 0 Å². The van der Waals surface area contributed by atoms with Crippen molar-refractivity contribution in [1.29, 1.82) is 0 Å². The first-order valence-electron chi connectivity index (χ1n) is 7.09. The molecule has 9 heteroatoms. The minimum absolute atomic E-state index is 0.0662. The van der Waals surface area contributed by atoms with Crippen LogP contribution in [0.4, 0.5) is 17.1 Å². The first-order valence-corrected chi connectivity index (χ1v) is 7.47. The summed E-state index contributed by atoms with van der Waals surface area (Å²) in [5.74, 6) is -0.392. The van der Waals surface area contributed by atoms with Crippen molar-refractivity contribution in [3.05, 3.63) is 57.6 Å². The zero-order valence-electron chi connectivity index (χ0n) is 13.1. The van der Waals surface area contributed by atoms with Gasteiger partial charge in [-0.1, -0.05) is 11.6 Å². The number of non-ortho nitro benzene ring substituents is 1. The summed E-state index contributed by atoms with van der Waals surface area (Å²) in [5.41, 5.74) is 0.747. The van der Waals surface area contributed by atoms with E-state index >= 15 is 0 Å². The Hall–Kier alpha value is -3.13. The Kier molecular flexibility index (Phi) is 5.91. The number of halogens is 1. The second-order valence-corrected chi connectivity index (χ2v) is 5.37. The Morgan fingerprint density at radius 1 is 1.16 bits per heavy atom. The summed E-state index contributed by atoms with van der Waals surface area (Å²) in [5, 5.41) is 16.1. The third kappa shape index (κ3) is 5.47. The Labute approximate surface area is 147 Å². The van der Waals surface area contributed by atoms with Crippen LogP contribution in [0.5, 0.6) is 5.75 Å². The molecule has 8 nitrogen and oxygen atoms in total. The number of carbonyl (C=O) groups is 2. The number of hydrogen-bond donors (Lipinski definition) is 2. The van der Waals surface area contributed by atoms with Crippen LogP contribution in [0.15, 0.2) is 42.5 Å². The smallest absolute Gasteiger partial charge is 0.269 e. The Bertz CT molecular complexity index is 808. The fourth-order valence-corrected chi connectivity index (χ4v) is 2.06. The Morgan fingerprint density at radius 3 is 2.44 bits per heavy atom. The first-order chi connectivity index (χ1) is 11.8. The summed E-state index contributed by atoms with van der Waals surface area (Å²) in [7, 11) is 0. The first kappa shape index (κ1) is 18.2. The van der Waals surface area contributed by atoms with Gasteiger partial charge in [0.1, 0.15) is 5.75 Å². The highest BCUT2D eigenvalue weighted by atomic mass is 35.5. The van der Waals surface area contributed by atoms with Crippen molar-refractivity contribution in [2.24, 2.45) is 0 Å². The number of carbonyl (C=O) groups excluding carboxylic acids is 2. The van der Waals surface area contributed by atoms with Crippen molar-refractivity contribution in [3.63, 3.8) is 0 Å². The molecule has 0 aromatic heterocycles. The van der Waals surface area contributed by atoms with E-state index in [1.54, 1.807) is 12.1 Å². The zero-order chi connectivity index (χ0) is 18.4. The maximum Gasteiger partial charge on any atom is 0.269 e. The van der Waals surface area contributed by atoms with Crippen LogP contribution in [0, 0.1) is 10.1 Å². The van der Waals surface area contributed by atoms with Crippen LogP contribution in [0.25, 0.3) is 0 Å². The molecule has 2 N–H and O–H groups in total. The van der Waals surface area contributed by atoms with Crippen molar-refractivity contribution >= 4 is 40.5 Å². The highest BCUT2D eigenvalue weighted by molar-refractivity contribution is 6.33. The van der Waals surface area contributed by atoms with Gasteiger partial charge in [0, 0.05) is 24.7 Å². The predicted octanol–water partition coefficient (Wildman–Crippen LogP) is 3.22. The molecular weight excluding hydrogens is 350 g/mol. The average molecular weight is 364 g/mol. The molecule has 0 unspecified atom stereocenters. The topological polar surface area (TPSA) is 111 Å². The second kappa shape index (κ2) is 8.11. The summed E-state index contributed by atoms with van der Waals surface area (Å²) in [6, 6.07) is 10.0. The van der Waals surface area contributed by atoms with E-state index in [9.17, 15) is 19.7 Å². The third-order valence-corrected chi connectivity index (χ3v) is 3.31. The number of nitrogens with zero attached hydrogens (tertiary/aromatic N) is 1. The van der Waals surface area contributed by atoms with Gasteiger partial charge in [0.05, 0.1) is 15.6 Å². The molecule has 25 heavy (non-hydrogen) atoms. The Morgan fingerprint density at radius 2 is 1.84 bits per heavy atom. The predicted molar refractivity (Wildman–Crippen MR) is 93.0 cm³/mol. The monoisotopic (exact) mass is 363 g/mol. The minimum atomic E-state index is -0.524. The van der Waals surface area contributed by atoms with Crippen LogP contribution in [-0.4, -0.2) is 23.3 Å². The molecule has 0 aliphatic heterocycles. The molecule has 2 amide bonds. The summed E-state index contributed by atoms with van der Waals surface area (Å²) < 4.78 is 5.26. The highest BCUT2D eigenvalue weighted by Crippen LogP contribution is 2.25. The fourth-order valence-electron chi connectivity index (χ4n) is 1.90. The molecule has 0 aliphatic carbocycles. The highest BCUT2D eigenvalue weighted by Gasteiger charge is 2.09. The second-order valence-electron chi connectivity index (χ2n) is 4.96. The lowest BCUT2D eigenvalue weighted by Crippen LogP contribution is -2.20. The summed E-state index contributed by atoms with van der Waals surface area (Å²) in [4.78, 5) is 33.1. The van der Waals surface area contributed by atoms with E-state index in [1.807, 2.05) is 0 Å². The number of nitro groups is 1. The minimum Gasteiger partial charge on any atom is -0.484 e. The van der Waals surface area contributed by atoms with Crippen molar-refractivity contribution in [1.82, 2.24) is 0 Å². The van der Waals surface area contributed by atoms with E-state index < -0.39 is 10.8 Å². The maximum atomic E-state index is 11.9. The van der Waals surface area contributed by atoms with Crippen LogP contribution in [0.2, 0.25) is 5.02 Å². The van der Waals surface area contributed by atoms with Crippen molar-refractivity contribution in [3.8, 4) is 5.75 Å². The van der Waals surface area contributed by atoms with E-state index in [2.05, 4.69) is 10.6 Å². The third-order valence-electron chi connectivity index (χ3n) is 2.98. The lowest BCUT2D eigenvalue weighted by Gasteiger charge is -2.10. The lowest BCUT2D eigenvalue weighted by molar-refractivity contribution is -0.384. The number of anilines is 2. The van der Waals surface area contributed by atoms with Gasteiger partial charge >= 0.3 is 0 Å². The lowest BCUT2D eigenvalue weighted by atomic mass is 10.2. The van der Waals surface area contributed by atoms with Crippen LogP contribution in [0.1, 0.15) is 6.92 Å². The number of hydrogen-bond acceptors (Lipinski definition) is 5. The SMILES string of the molecule is CC(=O)Nc1cc(NC(=O)COc2ccc([N+](=O)[O-])cc2)ccc1Cl. The number of nitrogens with one attached hydrogen (secondary N) is 2. The fraction of sp³-hybridized carbons (Fsp3) is 0.125. The van der Waals surface area contributed by atoms with Gasteiger partial charge in [-0.2, -0.15) is 0 Å². The van der Waals surface area contributed by atoms with Crippen molar-refractivity contribution < 1.29 is 19.2 Å². The summed E-state index contributed by atoms with van der Waals surface area (Å²) >= 11 is 5.95. The van der Waals surface area contributed by atoms with Gasteiger partial charge in [0.25, 0.3) is 11.6 Å². The molecule has 0 aliphatic rings. The molecule has 130 valence electrons. The Balaban J connectivity index is 1.93. The van der Waals surface area contributed by atoms with Crippen molar-refractivity contribution in [2.45, 2.75) is 6.92 Å². The molecular formula is C16H14ClN3O5. The molecule has 0 atom stereocenters. The average Bonchev–Trinajstić information content (AvgIpc) is 2.56. The maximum absolute atomic E-state index is 11.9. The standard InChI is InChI=1S/C16H14ClN3O5/c1-10(21)18-15-8-11(2-7-14(15)17)19-16(22)9-25-13-5-3-12(4-6-13)20(23)24/h2-8H,9H2,1H3,(H,18,21)(H,19,22). The summed E-state index contributed by atoms with van der Waals surface area (Å²) in [6.45, 7) is 1.07. The molecule has 0 spiro atoms. The van der Waals surface area contributed by atoms with Crippen LogP contribution in [-0.2, 0) is 9.59 Å². The van der Waals surface area contributed by atoms with Gasteiger partial charge in [0.2, 0.25) is 5.91 Å². The largest absolute Gasteiger partial charge is 0.484 e. The van der Waals surface area contributed by atoms with Crippen molar-refractivity contribution in [2.75, 3.05) is 17.2 Å². The molecule has 0 heterocycles. The summed E-state index contributed by atoms with van der Waals surface area (Å²) in [6.07, 6.45) is 0. The number of rotatable bonds is 6. The van der Waals surface area contributed by atoms with Gasteiger partial charge in [-0.3, -0.25) is 19.7 Å². The molecule has 0 saturated carbocycles. The van der Waals surface area contributed by atoms with E-state index in [-0.39, 0.29) is 18.2 Å². The number of benzene rings is 2.